The molecule has 0 aliphatic rings. The van der Waals surface area contributed by atoms with Gasteiger partial charge in [0.05, 0.1) is 6.54 Å². The molecule has 0 saturated carbocycles. The maximum Gasteiger partial charge on any atom is 0.262 e. The molecular formula is C16H13FN2O2. The zero-order valence-corrected chi connectivity index (χ0v) is 11.1. The van der Waals surface area contributed by atoms with Crippen LogP contribution in [0.4, 0.5) is 10.1 Å². The Balaban J connectivity index is 2.24. The minimum atomic E-state index is -0.786. The minimum Gasteiger partial charge on any atom is -0.507 e. The van der Waals surface area contributed by atoms with Crippen LogP contribution in [-0.2, 0) is 0 Å². The summed E-state index contributed by atoms with van der Waals surface area (Å²) in [5.74, 6) is 3.61. The first-order valence-corrected chi connectivity index (χ1v) is 6.19. The van der Waals surface area contributed by atoms with E-state index in [0.717, 1.165) is 6.07 Å². The van der Waals surface area contributed by atoms with E-state index in [0.29, 0.717) is 11.3 Å². The van der Waals surface area contributed by atoms with Crippen molar-refractivity contribution in [2.75, 3.05) is 11.9 Å². The Kier molecular flexibility index (Phi) is 4.54. The van der Waals surface area contributed by atoms with Gasteiger partial charge in [-0.15, -0.1) is 0 Å². The van der Waals surface area contributed by atoms with Gasteiger partial charge in [0.15, 0.2) is 0 Å². The van der Waals surface area contributed by atoms with Crippen LogP contribution in [0.1, 0.15) is 15.9 Å². The van der Waals surface area contributed by atoms with Gasteiger partial charge in [-0.25, -0.2) is 4.39 Å². The average molecular weight is 284 g/mol. The molecule has 106 valence electrons. The summed E-state index contributed by atoms with van der Waals surface area (Å²) in [5.41, 5.74) is 6.03. The third-order valence-electron chi connectivity index (χ3n) is 2.67. The first-order chi connectivity index (χ1) is 10.1. The van der Waals surface area contributed by atoms with Crippen LogP contribution in [0.25, 0.3) is 0 Å². The molecule has 2 aromatic rings. The lowest BCUT2D eigenvalue weighted by atomic mass is 10.1. The van der Waals surface area contributed by atoms with Crippen molar-refractivity contribution in [3.05, 3.63) is 59.4 Å². The molecule has 0 fully saturated rings. The number of anilines is 1. The molecule has 0 aliphatic carbocycles. The van der Waals surface area contributed by atoms with E-state index < -0.39 is 23.0 Å². The van der Waals surface area contributed by atoms with Crippen molar-refractivity contribution >= 4 is 11.6 Å². The number of nitrogens with two attached hydrogens (primary N) is 1. The molecule has 0 heterocycles. The molecule has 5 heteroatoms. The standard InChI is InChI=1S/C16H13FN2O2/c17-13-7-2-8-14(20)15(13)16(21)19-12-6-1-4-11(10-12)5-3-9-18/h1-2,4,6-8,10,20H,9,18H2,(H,19,21). The van der Waals surface area contributed by atoms with E-state index in [1.54, 1.807) is 24.3 Å². The topological polar surface area (TPSA) is 75.3 Å². The summed E-state index contributed by atoms with van der Waals surface area (Å²) in [6.07, 6.45) is 0. The highest BCUT2D eigenvalue weighted by Gasteiger charge is 2.16. The molecular weight excluding hydrogens is 271 g/mol. The fourth-order valence-corrected chi connectivity index (χ4v) is 1.76. The van der Waals surface area contributed by atoms with Crippen molar-refractivity contribution in [1.29, 1.82) is 0 Å². The van der Waals surface area contributed by atoms with Gasteiger partial charge in [0, 0.05) is 11.3 Å². The second-order valence-corrected chi connectivity index (χ2v) is 4.17. The molecule has 0 saturated heterocycles. The normalized spacial score (nSPS) is 9.62. The molecule has 2 rings (SSSR count). The Bertz CT molecular complexity index is 712. The van der Waals surface area contributed by atoms with E-state index in [4.69, 9.17) is 5.73 Å². The number of aromatic hydroxyl groups is 1. The second kappa shape index (κ2) is 6.55. The number of halogens is 1. The van der Waals surface area contributed by atoms with Gasteiger partial charge < -0.3 is 16.2 Å². The molecule has 0 atom stereocenters. The van der Waals surface area contributed by atoms with E-state index in [-0.39, 0.29) is 6.54 Å². The molecule has 0 radical (unpaired) electrons. The summed E-state index contributed by atoms with van der Waals surface area (Å²) in [4.78, 5) is 12.0. The maximum atomic E-state index is 13.6. The number of phenols is 1. The Labute approximate surface area is 121 Å². The van der Waals surface area contributed by atoms with E-state index in [1.807, 2.05) is 0 Å². The van der Waals surface area contributed by atoms with Crippen molar-refractivity contribution in [3.8, 4) is 17.6 Å². The van der Waals surface area contributed by atoms with Gasteiger partial charge in [-0.05, 0) is 30.3 Å². The average Bonchev–Trinajstić information content (AvgIpc) is 2.45. The molecule has 2 aromatic carbocycles. The van der Waals surface area contributed by atoms with Crippen molar-refractivity contribution in [3.63, 3.8) is 0 Å². The maximum absolute atomic E-state index is 13.6. The molecule has 4 N–H and O–H groups in total. The number of hydrogen-bond donors (Lipinski definition) is 3. The van der Waals surface area contributed by atoms with Crippen LogP contribution in [0, 0.1) is 17.7 Å². The van der Waals surface area contributed by atoms with Crippen molar-refractivity contribution in [2.24, 2.45) is 5.73 Å². The third-order valence-corrected chi connectivity index (χ3v) is 2.67. The lowest BCUT2D eigenvalue weighted by Gasteiger charge is -2.08. The molecule has 0 aromatic heterocycles. The highest BCUT2D eigenvalue weighted by atomic mass is 19.1. The van der Waals surface area contributed by atoms with E-state index in [2.05, 4.69) is 17.2 Å². The highest BCUT2D eigenvalue weighted by molar-refractivity contribution is 6.06. The summed E-state index contributed by atoms with van der Waals surface area (Å²) in [6, 6.07) is 10.4. The molecule has 21 heavy (non-hydrogen) atoms. The Morgan fingerprint density at radius 3 is 2.76 bits per heavy atom. The lowest BCUT2D eigenvalue weighted by Crippen LogP contribution is -2.14. The molecule has 0 bridgehead atoms. The van der Waals surface area contributed by atoms with Gasteiger partial charge in [0.2, 0.25) is 0 Å². The van der Waals surface area contributed by atoms with Gasteiger partial charge in [0.25, 0.3) is 5.91 Å². The third kappa shape index (κ3) is 3.59. The number of phenolic OH excluding ortho intramolecular Hbond substituents is 1. The van der Waals surface area contributed by atoms with Crippen LogP contribution < -0.4 is 11.1 Å². The van der Waals surface area contributed by atoms with Gasteiger partial charge in [0.1, 0.15) is 17.1 Å². The molecule has 0 aliphatic heterocycles. The van der Waals surface area contributed by atoms with E-state index in [9.17, 15) is 14.3 Å². The Morgan fingerprint density at radius 1 is 1.29 bits per heavy atom. The molecule has 4 nitrogen and oxygen atoms in total. The number of carbonyl (C=O) groups is 1. The number of rotatable bonds is 2. The predicted molar refractivity (Wildman–Crippen MR) is 78.4 cm³/mol. The van der Waals surface area contributed by atoms with Crippen LogP contribution in [0.3, 0.4) is 0 Å². The van der Waals surface area contributed by atoms with Gasteiger partial charge in [-0.1, -0.05) is 24.0 Å². The number of nitrogens with one attached hydrogen (secondary N) is 1. The molecule has 0 spiro atoms. The Morgan fingerprint density at radius 2 is 2.05 bits per heavy atom. The molecule has 0 unspecified atom stereocenters. The van der Waals surface area contributed by atoms with E-state index >= 15 is 0 Å². The first kappa shape index (κ1) is 14.6. The lowest BCUT2D eigenvalue weighted by molar-refractivity contribution is 0.102. The van der Waals surface area contributed by atoms with Crippen molar-refractivity contribution < 1.29 is 14.3 Å². The number of benzene rings is 2. The minimum absolute atomic E-state index is 0.236. The SMILES string of the molecule is NCC#Cc1cccc(NC(=O)c2c(O)cccc2F)c1. The monoisotopic (exact) mass is 284 g/mol. The largest absolute Gasteiger partial charge is 0.507 e. The number of hydrogen-bond acceptors (Lipinski definition) is 3. The number of carbonyl (C=O) groups excluding carboxylic acids is 1. The van der Waals surface area contributed by atoms with Crippen molar-refractivity contribution in [1.82, 2.24) is 0 Å². The second-order valence-electron chi connectivity index (χ2n) is 4.17. The molecule has 1 amide bonds. The zero-order chi connectivity index (χ0) is 15.2. The predicted octanol–water partition coefficient (Wildman–Crippen LogP) is 2.09. The summed E-state index contributed by atoms with van der Waals surface area (Å²) in [7, 11) is 0. The van der Waals surface area contributed by atoms with Crippen LogP contribution in [0.5, 0.6) is 5.75 Å². The number of amides is 1. The summed E-state index contributed by atoms with van der Waals surface area (Å²) < 4.78 is 13.6. The fraction of sp³-hybridized carbons (Fsp3) is 0.0625. The van der Waals surface area contributed by atoms with Gasteiger partial charge in [-0.2, -0.15) is 0 Å². The van der Waals surface area contributed by atoms with Crippen molar-refractivity contribution in [2.45, 2.75) is 0 Å². The summed E-state index contributed by atoms with van der Waals surface area (Å²) in [6.45, 7) is 0.236. The van der Waals surface area contributed by atoms with Gasteiger partial charge >= 0.3 is 0 Å². The van der Waals surface area contributed by atoms with Crippen LogP contribution in [-0.4, -0.2) is 17.6 Å². The zero-order valence-electron chi connectivity index (χ0n) is 11.1. The van der Waals surface area contributed by atoms with E-state index in [1.165, 1.54) is 12.1 Å². The quantitative estimate of drug-likeness (QED) is 0.739. The van der Waals surface area contributed by atoms with Crippen LogP contribution in [0.2, 0.25) is 0 Å². The smallest absolute Gasteiger partial charge is 0.262 e. The summed E-state index contributed by atoms with van der Waals surface area (Å²) in [5, 5.41) is 12.1. The van der Waals surface area contributed by atoms with Crippen LogP contribution >= 0.6 is 0 Å². The first-order valence-electron chi connectivity index (χ1n) is 6.19. The van der Waals surface area contributed by atoms with Gasteiger partial charge in [-0.3, -0.25) is 4.79 Å². The fourth-order valence-electron chi connectivity index (χ4n) is 1.76. The van der Waals surface area contributed by atoms with Crippen LogP contribution in [0.15, 0.2) is 42.5 Å². The summed E-state index contributed by atoms with van der Waals surface area (Å²) >= 11 is 0. The highest BCUT2D eigenvalue weighted by Crippen LogP contribution is 2.21. The Hall–Kier alpha value is -2.84.